The number of carbonyl (C=O) groups is 1. The Morgan fingerprint density at radius 2 is 1.97 bits per heavy atom. The van der Waals surface area contributed by atoms with Crippen molar-refractivity contribution in [3.63, 3.8) is 0 Å². The fraction of sp³-hybridized carbons (Fsp3) is 0.174. The SMILES string of the molecule is COc1ncc(Nc2nc(N[C@H](c3ccccc3)[C@H](C)N)c(F)cc2C(N)=O)cc1-n1ccnn1. The highest BCUT2D eigenvalue weighted by Crippen LogP contribution is 2.29. The van der Waals surface area contributed by atoms with Gasteiger partial charge in [0.25, 0.3) is 5.91 Å². The van der Waals surface area contributed by atoms with Crippen molar-refractivity contribution < 1.29 is 13.9 Å². The second kappa shape index (κ2) is 10.1. The van der Waals surface area contributed by atoms with Crippen LogP contribution in [0.3, 0.4) is 0 Å². The van der Waals surface area contributed by atoms with Crippen molar-refractivity contribution in [3.8, 4) is 11.6 Å². The largest absolute Gasteiger partial charge is 0.479 e. The summed E-state index contributed by atoms with van der Waals surface area (Å²) in [6, 6.07) is 11.2. The van der Waals surface area contributed by atoms with Crippen molar-refractivity contribution in [1.29, 1.82) is 0 Å². The lowest BCUT2D eigenvalue weighted by molar-refractivity contribution is 0.100. The Morgan fingerprint density at radius 1 is 1.20 bits per heavy atom. The molecule has 0 fully saturated rings. The van der Waals surface area contributed by atoms with Crippen molar-refractivity contribution in [2.45, 2.75) is 19.0 Å². The van der Waals surface area contributed by atoms with E-state index in [1.807, 2.05) is 30.3 Å². The summed E-state index contributed by atoms with van der Waals surface area (Å²) < 4.78 is 21.7. The van der Waals surface area contributed by atoms with Gasteiger partial charge >= 0.3 is 0 Å². The van der Waals surface area contributed by atoms with Crippen LogP contribution >= 0.6 is 0 Å². The first kappa shape index (κ1) is 23.6. The monoisotopic (exact) mass is 477 g/mol. The number of nitrogens with two attached hydrogens (primary N) is 2. The molecule has 0 aliphatic heterocycles. The van der Waals surface area contributed by atoms with Crippen LogP contribution in [-0.2, 0) is 0 Å². The van der Waals surface area contributed by atoms with Gasteiger partial charge in [0.1, 0.15) is 11.5 Å². The van der Waals surface area contributed by atoms with Crippen molar-refractivity contribution in [2.75, 3.05) is 17.7 Å². The van der Waals surface area contributed by atoms with Crippen LogP contribution in [0.1, 0.15) is 28.9 Å². The topological polar surface area (TPSA) is 159 Å². The second-order valence-corrected chi connectivity index (χ2v) is 7.70. The molecule has 0 radical (unpaired) electrons. The van der Waals surface area contributed by atoms with E-state index in [2.05, 4.69) is 30.9 Å². The van der Waals surface area contributed by atoms with E-state index in [9.17, 15) is 9.18 Å². The third-order valence-electron chi connectivity index (χ3n) is 5.18. The van der Waals surface area contributed by atoms with E-state index < -0.39 is 17.8 Å². The number of aromatic nitrogens is 5. The average Bonchev–Trinajstić information content (AvgIpc) is 3.39. The predicted molar refractivity (Wildman–Crippen MR) is 128 cm³/mol. The molecule has 2 atom stereocenters. The van der Waals surface area contributed by atoms with Crippen molar-refractivity contribution in [3.05, 3.63) is 78.0 Å². The molecule has 1 aromatic carbocycles. The molecule has 0 spiro atoms. The van der Waals surface area contributed by atoms with Gasteiger partial charge in [-0.15, -0.1) is 5.10 Å². The standard InChI is InChI=1S/C23H24FN9O2/c1-13(25)19(14-6-4-3-5-7-14)30-22-17(24)11-16(20(26)34)21(31-22)29-15-10-18(23(35-2)27-12-15)33-9-8-28-32-33/h3-13,19H,25H2,1-2H3,(H2,26,34)(H2,29,30,31)/t13-,19-/m0/s1. The molecule has 1 amide bonds. The van der Waals surface area contributed by atoms with E-state index in [4.69, 9.17) is 16.2 Å². The van der Waals surface area contributed by atoms with Crippen molar-refractivity contribution in [1.82, 2.24) is 25.0 Å². The van der Waals surface area contributed by atoms with Gasteiger partial charge in [0.2, 0.25) is 5.88 Å². The van der Waals surface area contributed by atoms with E-state index >= 15 is 0 Å². The number of pyridine rings is 2. The Kier molecular flexibility index (Phi) is 6.83. The highest BCUT2D eigenvalue weighted by atomic mass is 19.1. The van der Waals surface area contributed by atoms with Gasteiger partial charge in [0.15, 0.2) is 11.6 Å². The van der Waals surface area contributed by atoms with Gasteiger partial charge in [-0.1, -0.05) is 35.5 Å². The molecule has 0 aliphatic carbocycles. The summed E-state index contributed by atoms with van der Waals surface area (Å²) in [7, 11) is 1.47. The van der Waals surface area contributed by atoms with Gasteiger partial charge in [-0.2, -0.15) is 0 Å². The Labute approximate surface area is 200 Å². The van der Waals surface area contributed by atoms with Gasteiger partial charge in [-0.3, -0.25) is 4.79 Å². The maximum absolute atomic E-state index is 15.0. The third kappa shape index (κ3) is 5.17. The van der Waals surface area contributed by atoms with Crippen LogP contribution in [0.15, 0.2) is 61.1 Å². The molecule has 4 aromatic rings. The molecule has 12 heteroatoms. The zero-order valence-electron chi connectivity index (χ0n) is 19.0. The quantitative estimate of drug-likeness (QED) is 0.284. The lowest BCUT2D eigenvalue weighted by Gasteiger charge is -2.24. The summed E-state index contributed by atoms with van der Waals surface area (Å²) in [6.07, 6.45) is 4.59. The van der Waals surface area contributed by atoms with Gasteiger partial charge in [0.05, 0.1) is 43.0 Å². The lowest BCUT2D eigenvalue weighted by Crippen LogP contribution is -2.31. The molecule has 3 heterocycles. The van der Waals surface area contributed by atoms with Crippen molar-refractivity contribution in [2.24, 2.45) is 11.5 Å². The number of nitrogens with one attached hydrogen (secondary N) is 2. The molecular weight excluding hydrogens is 453 g/mol. The lowest BCUT2D eigenvalue weighted by atomic mass is 10.0. The summed E-state index contributed by atoms with van der Waals surface area (Å²) in [4.78, 5) is 20.6. The van der Waals surface area contributed by atoms with Gasteiger partial charge in [0, 0.05) is 6.04 Å². The number of amides is 1. The maximum Gasteiger partial charge on any atom is 0.252 e. The number of ether oxygens (including phenoxy) is 1. The molecule has 6 N–H and O–H groups in total. The first-order chi connectivity index (χ1) is 16.9. The van der Waals surface area contributed by atoms with E-state index in [1.54, 1.807) is 19.2 Å². The number of rotatable bonds is 9. The number of hydrogen-bond donors (Lipinski definition) is 4. The number of benzene rings is 1. The van der Waals surface area contributed by atoms with E-state index in [1.165, 1.54) is 24.2 Å². The predicted octanol–water partition coefficient (Wildman–Crippen LogP) is 2.55. The summed E-state index contributed by atoms with van der Waals surface area (Å²) in [6.45, 7) is 1.80. The second-order valence-electron chi connectivity index (χ2n) is 7.70. The Hall–Kier alpha value is -4.58. The van der Waals surface area contributed by atoms with Gasteiger partial charge in [-0.25, -0.2) is 19.0 Å². The smallest absolute Gasteiger partial charge is 0.252 e. The molecule has 4 rings (SSSR count). The fourth-order valence-corrected chi connectivity index (χ4v) is 3.50. The third-order valence-corrected chi connectivity index (χ3v) is 5.18. The number of halogens is 1. The number of anilines is 3. The molecule has 0 unspecified atom stereocenters. The van der Waals surface area contributed by atoms with Crippen molar-refractivity contribution >= 4 is 23.2 Å². The minimum Gasteiger partial charge on any atom is -0.479 e. The number of hydrogen-bond acceptors (Lipinski definition) is 9. The molecule has 0 bridgehead atoms. The number of primary amides is 1. The number of methoxy groups -OCH3 is 1. The van der Waals surface area contributed by atoms with E-state index in [0.29, 0.717) is 17.3 Å². The minimum atomic E-state index is -0.852. The van der Waals surface area contributed by atoms with Crippen LogP contribution in [0.5, 0.6) is 5.88 Å². The van der Waals surface area contributed by atoms with Gasteiger partial charge in [-0.05, 0) is 24.6 Å². The number of nitrogens with zero attached hydrogens (tertiary/aromatic N) is 5. The highest BCUT2D eigenvalue weighted by Gasteiger charge is 2.22. The Morgan fingerprint density at radius 3 is 2.60 bits per heavy atom. The molecular formula is C23H24FN9O2. The molecule has 11 nitrogen and oxygen atoms in total. The normalized spacial score (nSPS) is 12.6. The van der Waals surface area contributed by atoms with E-state index in [-0.39, 0.29) is 23.2 Å². The van der Waals surface area contributed by atoms with Crippen LogP contribution in [0.4, 0.5) is 21.7 Å². The van der Waals surface area contributed by atoms with E-state index in [0.717, 1.165) is 11.6 Å². The first-order valence-electron chi connectivity index (χ1n) is 10.6. The highest BCUT2D eigenvalue weighted by molar-refractivity contribution is 5.98. The molecule has 35 heavy (non-hydrogen) atoms. The molecule has 180 valence electrons. The average molecular weight is 478 g/mol. The molecule has 0 saturated carbocycles. The first-order valence-corrected chi connectivity index (χ1v) is 10.6. The number of carbonyl (C=O) groups excluding carboxylic acids is 1. The van der Waals surface area contributed by atoms with Crippen LogP contribution in [0, 0.1) is 5.82 Å². The Bertz CT molecular complexity index is 1310. The summed E-state index contributed by atoms with van der Waals surface area (Å²) in [5.74, 6) is -1.36. The minimum absolute atomic E-state index is 0.0365. The summed E-state index contributed by atoms with van der Waals surface area (Å²) in [5, 5.41) is 13.8. The van der Waals surface area contributed by atoms with Gasteiger partial charge < -0.3 is 26.8 Å². The zero-order chi connectivity index (χ0) is 24.9. The molecule has 3 aromatic heterocycles. The summed E-state index contributed by atoms with van der Waals surface area (Å²) in [5.41, 5.74) is 13.3. The fourth-order valence-electron chi connectivity index (χ4n) is 3.50. The molecule has 0 saturated heterocycles. The zero-order valence-corrected chi connectivity index (χ0v) is 19.0. The Balaban J connectivity index is 1.72. The van der Waals surface area contributed by atoms with Crippen LogP contribution in [-0.4, -0.2) is 44.0 Å². The van der Waals surface area contributed by atoms with Crippen LogP contribution in [0.2, 0.25) is 0 Å². The maximum atomic E-state index is 15.0. The molecule has 0 aliphatic rings. The van der Waals surface area contributed by atoms with Crippen LogP contribution in [0.25, 0.3) is 5.69 Å². The summed E-state index contributed by atoms with van der Waals surface area (Å²) >= 11 is 0. The van der Waals surface area contributed by atoms with Crippen LogP contribution < -0.4 is 26.8 Å².